The first kappa shape index (κ1) is 15.3. The van der Waals surface area contributed by atoms with Crippen LogP contribution in [0.15, 0.2) is 48.4 Å². The molecule has 1 aromatic heterocycles. The molecule has 1 atom stereocenters. The summed E-state index contributed by atoms with van der Waals surface area (Å²) >= 11 is 1.38. The molecule has 0 saturated carbocycles. The minimum Gasteiger partial charge on any atom is -0.352 e. The summed E-state index contributed by atoms with van der Waals surface area (Å²) in [5.74, 6) is -0.0424. The van der Waals surface area contributed by atoms with Crippen LogP contribution in [0.3, 0.4) is 0 Å². The number of benzene rings is 1. The third-order valence-corrected chi connectivity index (χ3v) is 4.02. The van der Waals surface area contributed by atoms with E-state index < -0.39 is 0 Å². The van der Waals surface area contributed by atoms with E-state index in [1.165, 1.54) is 11.8 Å². The van der Waals surface area contributed by atoms with Crippen LogP contribution in [0.25, 0.3) is 5.69 Å². The molecular weight excluding hydrogens is 284 g/mol. The fourth-order valence-electron chi connectivity index (χ4n) is 1.83. The van der Waals surface area contributed by atoms with E-state index in [1.807, 2.05) is 42.7 Å². The normalized spacial score (nSPS) is 11.9. The summed E-state index contributed by atoms with van der Waals surface area (Å²) in [6.07, 6.45) is 3.32. The standard InChI is InChI=1S/C15H18N4OS/c1-4-9-16-14(20)12(3)21-15-18-17-10-19(15)13-8-6-5-7-11(13)2/h4-8,10,12H,1,9H2,2-3H3,(H,16,20)/t12-/m1/s1. The smallest absolute Gasteiger partial charge is 0.233 e. The zero-order valence-electron chi connectivity index (χ0n) is 12.1. The molecule has 1 N–H and O–H groups in total. The van der Waals surface area contributed by atoms with Crippen molar-refractivity contribution in [2.75, 3.05) is 6.54 Å². The molecule has 110 valence electrons. The first-order valence-corrected chi connectivity index (χ1v) is 7.52. The summed E-state index contributed by atoms with van der Waals surface area (Å²) in [7, 11) is 0. The van der Waals surface area contributed by atoms with E-state index in [9.17, 15) is 4.79 Å². The van der Waals surface area contributed by atoms with Crippen molar-refractivity contribution in [3.8, 4) is 5.69 Å². The number of hydrogen-bond acceptors (Lipinski definition) is 4. The van der Waals surface area contributed by atoms with Crippen molar-refractivity contribution in [1.29, 1.82) is 0 Å². The van der Waals surface area contributed by atoms with Crippen LogP contribution < -0.4 is 5.32 Å². The Bertz CT molecular complexity index is 638. The number of aryl methyl sites for hydroxylation is 1. The highest BCUT2D eigenvalue weighted by Crippen LogP contribution is 2.25. The molecule has 0 aliphatic rings. The highest BCUT2D eigenvalue weighted by molar-refractivity contribution is 8.00. The number of para-hydroxylation sites is 1. The van der Waals surface area contributed by atoms with Gasteiger partial charge >= 0.3 is 0 Å². The molecule has 0 saturated heterocycles. The topological polar surface area (TPSA) is 59.8 Å². The van der Waals surface area contributed by atoms with E-state index in [2.05, 4.69) is 22.1 Å². The highest BCUT2D eigenvalue weighted by Gasteiger charge is 2.18. The van der Waals surface area contributed by atoms with Crippen LogP contribution in [0.4, 0.5) is 0 Å². The van der Waals surface area contributed by atoms with Gasteiger partial charge in [0, 0.05) is 6.54 Å². The third kappa shape index (κ3) is 3.72. The first-order valence-electron chi connectivity index (χ1n) is 6.64. The molecule has 1 aromatic carbocycles. The summed E-state index contributed by atoms with van der Waals surface area (Å²) in [5, 5.41) is 11.3. The van der Waals surface area contributed by atoms with Gasteiger partial charge in [-0.2, -0.15) is 0 Å². The summed E-state index contributed by atoms with van der Waals surface area (Å²) in [4.78, 5) is 11.9. The maximum Gasteiger partial charge on any atom is 0.233 e. The van der Waals surface area contributed by atoms with Crippen molar-refractivity contribution in [2.45, 2.75) is 24.3 Å². The van der Waals surface area contributed by atoms with Gasteiger partial charge in [-0.3, -0.25) is 9.36 Å². The summed E-state index contributed by atoms with van der Waals surface area (Å²) < 4.78 is 1.90. The molecule has 0 unspecified atom stereocenters. The van der Waals surface area contributed by atoms with Gasteiger partial charge in [-0.05, 0) is 25.5 Å². The van der Waals surface area contributed by atoms with Crippen LogP contribution in [0.1, 0.15) is 12.5 Å². The molecule has 0 aliphatic heterocycles. The number of aromatic nitrogens is 3. The Morgan fingerprint density at radius 3 is 3.00 bits per heavy atom. The van der Waals surface area contributed by atoms with Gasteiger partial charge in [0.05, 0.1) is 10.9 Å². The second-order valence-electron chi connectivity index (χ2n) is 4.56. The van der Waals surface area contributed by atoms with Gasteiger partial charge < -0.3 is 5.32 Å². The van der Waals surface area contributed by atoms with E-state index in [1.54, 1.807) is 12.4 Å². The number of nitrogens with one attached hydrogen (secondary N) is 1. The number of nitrogens with zero attached hydrogens (tertiary/aromatic N) is 3. The molecule has 0 aliphatic carbocycles. The van der Waals surface area contributed by atoms with Gasteiger partial charge in [-0.1, -0.05) is 36.0 Å². The average molecular weight is 302 g/mol. The van der Waals surface area contributed by atoms with Crippen LogP contribution in [-0.4, -0.2) is 32.5 Å². The van der Waals surface area contributed by atoms with E-state index in [0.29, 0.717) is 11.7 Å². The fraction of sp³-hybridized carbons (Fsp3) is 0.267. The van der Waals surface area contributed by atoms with Gasteiger partial charge in [-0.15, -0.1) is 16.8 Å². The lowest BCUT2D eigenvalue weighted by atomic mass is 10.2. The maximum atomic E-state index is 11.9. The number of carbonyl (C=O) groups is 1. The molecule has 1 heterocycles. The molecule has 21 heavy (non-hydrogen) atoms. The zero-order chi connectivity index (χ0) is 15.2. The predicted octanol–water partition coefficient (Wildman–Crippen LogP) is 2.36. The van der Waals surface area contributed by atoms with Crippen molar-refractivity contribution >= 4 is 17.7 Å². The van der Waals surface area contributed by atoms with Crippen molar-refractivity contribution in [3.63, 3.8) is 0 Å². The third-order valence-electron chi connectivity index (χ3n) is 2.96. The van der Waals surface area contributed by atoms with E-state index in [0.717, 1.165) is 11.3 Å². The Kier molecular flexibility index (Phi) is 5.16. The largest absolute Gasteiger partial charge is 0.352 e. The van der Waals surface area contributed by atoms with Crippen molar-refractivity contribution < 1.29 is 4.79 Å². The van der Waals surface area contributed by atoms with E-state index in [4.69, 9.17) is 0 Å². The van der Waals surface area contributed by atoms with Crippen LogP contribution in [0, 0.1) is 6.92 Å². The van der Waals surface area contributed by atoms with Crippen molar-refractivity contribution in [1.82, 2.24) is 20.1 Å². The number of rotatable bonds is 6. The molecule has 5 nitrogen and oxygen atoms in total. The minimum absolute atomic E-state index is 0.0424. The Morgan fingerprint density at radius 2 is 2.29 bits per heavy atom. The number of hydrogen-bond donors (Lipinski definition) is 1. The van der Waals surface area contributed by atoms with E-state index in [-0.39, 0.29) is 11.2 Å². The molecule has 2 aromatic rings. The van der Waals surface area contributed by atoms with E-state index >= 15 is 0 Å². The number of carbonyl (C=O) groups excluding carboxylic acids is 1. The summed E-state index contributed by atoms with van der Waals surface area (Å²) in [6, 6.07) is 7.99. The van der Waals surface area contributed by atoms with Gasteiger partial charge in [0.15, 0.2) is 5.16 Å². The lowest BCUT2D eigenvalue weighted by molar-refractivity contribution is -0.120. The lowest BCUT2D eigenvalue weighted by Crippen LogP contribution is -2.31. The SMILES string of the molecule is C=CCNC(=O)[C@@H](C)Sc1nncn1-c1ccccc1C. The Morgan fingerprint density at radius 1 is 1.52 bits per heavy atom. The Labute approximate surface area is 128 Å². The van der Waals surface area contributed by atoms with Gasteiger partial charge in [0.1, 0.15) is 6.33 Å². The highest BCUT2D eigenvalue weighted by atomic mass is 32.2. The predicted molar refractivity (Wildman–Crippen MR) is 84.6 cm³/mol. The molecule has 0 spiro atoms. The monoisotopic (exact) mass is 302 g/mol. The lowest BCUT2D eigenvalue weighted by Gasteiger charge is -2.12. The number of amides is 1. The van der Waals surface area contributed by atoms with Crippen LogP contribution in [0.2, 0.25) is 0 Å². The minimum atomic E-state index is -0.253. The zero-order valence-corrected chi connectivity index (χ0v) is 12.9. The quantitative estimate of drug-likeness (QED) is 0.657. The molecule has 1 amide bonds. The average Bonchev–Trinajstić information content (AvgIpc) is 2.93. The van der Waals surface area contributed by atoms with Gasteiger partial charge in [0.25, 0.3) is 0 Å². The van der Waals surface area contributed by atoms with Crippen LogP contribution in [-0.2, 0) is 4.79 Å². The van der Waals surface area contributed by atoms with Gasteiger partial charge in [0.2, 0.25) is 5.91 Å². The molecule has 0 radical (unpaired) electrons. The van der Waals surface area contributed by atoms with Crippen LogP contribution >= 0.6 is 11.8 Å². The maximum absolute atomic E-state index is 11.9. The second-order valence-corrected chi connectivity index (χ2v) is 5.87. The Hall–Kier alpha value is -2.08. The van der Waals surface area contributed by atoms with Gasteiger partial charge in [-0.25, -0.2) is 0 Å². The summed E-state index contributed by atoms with van der Waals surface area (Å²) in [5.41, 5.74) is 2.15. The molecule has 2 rings (SSSR count). The summed E-state index contributed by atoms with van der Waals surface area (Å²) in [6.45, 7) is 7.93. The fourth-order valence-corrected chi connectivity index (χ4v) is 2.69. The van der Waals surface area contributed by atoms with Crippen molar-refractivity contribution in [2.24, 2.45) is 0 Å². The first-order chi connectivity index (χ1) is 10.1. The molecule has 0 fully saturated rings. The second kappa shape index (κ2) is 7.08. The molecule has 6 heteroatoms. The Balaban J connectivity index is 2.16. The number of thioether (sulfide) groups is 1. The molecular formula is C15H18N4OS. The molecule has 0 bridgehead atoms. The van der Waals surface area contributed by atoms with Crippen LogP contribution in [0.5, 0.6) is 0 Å². The van der Waals surface area contributed by atoms with Crippen molar-refractivity contribution in [3.05, 3.63) is 48.8 Å².